The van der Waals surface area contributed by atoms with Crippen molar-refractivity contribution in [1.29, 1.82) is 0 Å². The number of sulfonamides is 1. The molecule has 1 heterocycles. The molecule has 1 fully saturated rings. The predicted molar refractivity (Wildman–Crippen MR) is 111 cm³/mol. The van der Waals surface area contributed by atoms with Gasteiger partial charge in [0.25, 0.3) is 0 Å². The molecule has 0 aliphatic carbocycles. The average molecular weight is 413 g/mol. The lowest BCUT2D eigenvalue weighted by molar-refractivity contribution is 0.145. The van der Waals surface area contributed by atoms with Crippen LogP contribution in [0.4, 0.5) is 0 Å². The van der Waals surface area contributed by atoms with Crippen molar-refractivity contribution in [2.45, 2.75) is 19.9 Å². The second kappa shape index (κ2) is 10.6. The van der Waals surface area contributed by atoms with E-state index in [2.05, 4.69) is 21.7 Å². The van der Waals surface area contributed by atoms with E-state index in [1.54, 1.807) is 14.2 Å². The molecule has 1 unspecified atom stereocenters. The molecule has 1 atom stereocenters. The number of guanidine groups is 1. The Bertz CT molecular complexity index is 767. The molecule has 0 saturated carbocycles. The summed E-state index contributed by atoms with van der Waals surface area (Å²) in [4.78, 5) is 4.26. The van der Waals surface area contributed by atoms with Gasteiger partial charge in [-0.15, -0.1) is 0 Å². The summed E-state index contributed by atoms with van der Waals surface area (Å²) in [5, 5.41) is 6.59. The molecule has 1 aromatic rings. The highest BCUT2D eigenvalue weighted by atomic mass is 32.2. The predicted octanol–water partition coefficient (Wildman–Crippen LogP) is 0.967. The van der Waals surface area contributed by atoms with Gasteiger partial charge in [0.1, 0.15) is 12.4 Å². The second-order valence-electron chi connectivity index (χ2n) is 7.03. The van der Waals surface area contributed by atoms with Crippen molar-refractivity contribution < 1.29 is 17.9 Å². The van der Waals surface area contributed by atoms with Gasteiger partial charge in [0.2, 0.25) is 10.0 Å². The second-order valence-corrected chi connectivity index (χ2v) is 9.02. The van der Waals surface area contributed by atoms with Crippen LogP contribution in [-0.2, 0) is 21.3 Å². The molecule has 8 nitrogen and oxygen atoms in total. The van der Waals surface area contributed by atoms with E-state index in [-0.39, 0.29) is 5.92 Å². The largest absolute Gasteiger partial charge is 0.491 e. The van der Waals surface area contributed by atoms with Crippen LogP contribution in [0.2, 0.25) is 0 Å². The van der Waals surface area contributed by atoms with Gasteiger partial charge in [0.05, 0.1) is 12.9 Å². The Labute approximate surface area is 168 Å². The number of hydrogen-bond donors (Lipinski definition) is 2. The van der Waals surface area contributed by atoms with Crippen LogP contribution in [0.5, 0.6) is 5.75 Å². The Kier molecular flexibility index (Phi) is 8.53. The van der Waals surface area contributed by atoms with Gasteiger partial charge in [-0.3, -0.25) is 4.99 Å². The summed E-state index contributed by atoms with van der Waals surface area (Å²) in [7, 11) is 0.263. The molecule has 1 saturated heterocycles. The van der Waals surface area contributed by atoms with Gasteiger partial charge in [0, 0.05) is 45.9 Å². The van der Waals surface area contributed by atoms with Crippen LogP contribution in [0.15, 0.2) is 23.2 Å². The molecule has 0 bridgehead atoms. The van der Waals surface area contributed by atoms with E-state index in [0.29, 0.717) is 45.4 Å². The van der Waals surface area contributed by atoms with Gasteiger partial charge in [-0.05, 0) is 30.9 Å². The fraction of sp³-hybridized carbons (Fsp3) is 0.632. The zero-order chi connectivity index (χ0) is 20.6. The number of hydrogen-bond acceptors (Lipinski definition) is 5. The molecule has 1 aliphatic rings. The molecule has 0 radical (unpaired) electrons. The van der Waals surface area contributed by atoms with Gasteiger partial charge >= 0.3 is 0 Å². The highest BCUT2D eigenvalue weighted by Gasteiger charge is 2.28. The maximum absolute atomic E-state index is 11.6. The van der Waals surface area contributed by atoms with Crippen molar-refractivity contribution in [3.63, 3.8) is 0 Å². The van der Waals surface area contributed by atoms with Crippen LogP contribution in [0.25, 0.3) is 0 Å². The molecule has 0 amide bonds. The third-order valence-corrected chi connectivity index (χ3v) is 5.98. The number of ether oxygens (including phenoxy) is 2. The number of benzene rings is 1. The van der Waals surface area contributed by atoms with Crippen molar-refractivity contribution in [3.05, 3.63) is 29.3 Å². The lowest BCUT2D eigenvalue weighted by Crippen LogP contribution is -2.40. The molecule has 2 rings (SSSR count). The molecule has 0 spiro atoms. The highest BCUT2D eigenvalue weighted by Crippen LogP contribution is 2.20. The van der Waals surface area contributed by atoms with E-state index in [1.807, 2.05) is 19.1 Å². The number of methoxy groups -OCH3 is 1. The molecule has 158 valence electrons. The monoisotopic (exact) mass is 412 g/mol. The van der Waals surface area contributed by atoms with E-state index < -0.39 is 10.0 Å². The fourth-order valence-electron chi connectivity index (χ4n) is 3.08. The third-order valence-electron chi connectivity index (χ3n) is 4.71. The minimum atomic E-state index is -3.11. The first-order valence-corrected chi connectivity index (χ1v) is 11.3. The molecule has 2 N–H and O–H groups in total. The molecular weight excluding hydrogens is 380 g/mol. The lowest BCUT2D eigenvalue weighted by Gasteiger charge is -2.17. The van der Waals surface area contributed by atoms with Crippen LogP contribution >= 0.6 is 0 Å². The minimum Gasteiger partial charge on any atom is -0.491 e. The van der Waals surface area contributed by atoms with E-state index in [1.165, 1.54) is 10.6 Å². The van der Waals surface area contributed by atoms with Crippen LogP contribution in [0.1, 0.15) is 17.5 Å². The molecule has 9 heteroatoms. The quantitative estimate of drug-likeness (QED) is 0.357. The van der Waals surface area contributed by atoms with E-state index in [9.17, 15) is 8.42 Å². The van der Waals surface area contributed by atoms with Gasteiger partial charge in [-0.2, -0.15) is 0 Å². The standard InChI is InChI=1S/C19H32N4O4S/c1-15-5-6-17(18(11-15)27-10-9-26-3)13-22-19(20-2)21-12-16-7-8-23(14-16)28(4,24)25/h5-6,11,16H,7-10,12-14H2,1-4H3,(H2,20,21,22). The first kappa shape index (κ1) is 22.4. The van der Waals surface area contributed by atoms with E-state index in [0.717, 1.165) is 23.3 Å². The Morgan fingerprint density at radius 2 is 2.11 bits per heavy atom. The molecule has 28 heavy (non-hydrogen) atoms. The van der Waals surface area contributed by atoms with Gasteiger partial charge in [-0.1, -0.05) is 12.1 Å². The Balaban J connectivity index is 1.85. The maximum Gasteiger partial charge on any atom is 0.211 e. The zero-order valence-corrected chi connectivity index (χ0v) is 18.0. The van der Waals surface area contributed by atoms with Crippen LogP contribution in [-0.4, -0.2) is 71.9 Å². The first-order chi connectivity index (χ1) is 13.3. The van der Waals surface area contributed by atoms with Crippen LogP contribution in [0.3, 0.4) is 0 Å². The van der Waals surface area contributed by atoms with E-state index in [4.69, 9.17) is 9.47 Å². The average Bonchev–Trinajstić information content (AvgIpc) is 3.13. The summed E-state index contributed by atoms with van der Waals surface area (Å²) >= 11 is 0. The number of aryl methyl sites for hydroxylation is 1. The summed E-state index contributed by atoms with van der Waals surface area (Å²) in [5.74, 6) is 1.79. The van der Waals surface area contributed by atoms with Crippen molar-refractivity contribution in [2.24, 2.45) is 10.9 Å². The van der Waals surface area contributed by atoms with Crippen molar-refractivity contribution in [2.75, 3.05) is 53.3 Å². The highest BCUT2D eigenvalue weighted by molar-refractivity contribution is 7.88. The number of aliphatic imine (C=N–C) groups is 1. The zero-order valence-electron chi connectivity index (χ0n) is 17.2. The summed E-state index contributed by atoms with van der Waals surface area (Å²) in [6.45, 7) is 5.46. The van der Waals surface area contributed by atoms with Gasteiger partial charge in [-0.25, -0.2) is 12.7 Å². The Morgan fingerprint density at radius 3 is 2.75 bits per heavy atom. The van der Waals surface area contributed by atoms with Gasteiger partial charge < -0.3 is 20.1 Å². The van der Waals surface area contributed by atoms with Crippen molar-refractivity contribution in [3.8, 4) is 5.75 Å². The number of rotatable bonds is 9. The first-order valence-electron chi connectivity index (χ1n) is 9.44. The summed E-state index contributed by atoms with van der Waals surface area (Å²) in [5.41, 5.74) is 2.17. The van der Waals surface area contributed by atoms with Crippen molar-refractivity contribution in [1.82, 2.24) is 14.9 Å². The maximum atomic E-state index is 11.6. The molecular formula is C19H32N4O4S. The topological polar surface area (TPSA) is 92.3 Å². The Morgan fingerprint density at radius 1 is 1.32 bits per heavy atom. The lowest BCUT2D eigenvalue weighted by atomic mass is 10.1. The van der Waals surface area contributed by atoms with E-state index >= 15 is 0 Å². The van der Waals surface area contributed by atoms with Crippen LogP contribution < -0.4 is 15.4 Å². The summed E-state index contributed by atoms with van der Waals surface area (Å²) < 4.78 is 35.7. The summed E-state index contributed by atoms with van der Waals surface area (Å²) in [6, 6.07) is 6.11. The fourth-order valence-corrected chi connectivity index (χ4v) is 4.00. The normalized spacial score (nSPS) is 18.3. The number of nitrogens with zero attached hydrogens (tertiary/aromatic N) is 2. The molecule has 1 aromatic carbocycles. The third kappa shape index (κ3) is 6.96. The Hall–Kier alpha value is -1.84. The smallest absolute Gasteiger partial charge is 0.211 e. The molecule has 0 aromatic heterocycles. The SMILES string of the molecule is CN=C(NCc1ccc(C)cc1OCCOC)NCC1CCN(S(C)(=O)=O)C1. The summed E-state index contributed by atoms with van der Waals surface area (Å²) in [6.07, 6.45) is 2.11. The van der Waals surface area contributed by atoms with Crippen molar-refractivity contribution >= 4 is 16.0 Å². The molecule has 1 aliphatic heterocycles. The number of nitrogens with one attached hydrogen (secondary N) is 2. The van der Waals surface area contributed by atoms with Crippen LogP contribution in [0, 0.1) is 12.8 Å². The minimum absolute atomic E-state index is 0.278. The van der Waals surface area contributed by atoms with Gasteiger partial charge in [0.15, 0.2) is 5.96 Å².